The number of ether oxygens (including phenoxy) is 1. The minimum Gasteiger partial charge on any atom is -0.489 e. The maximum absolute atomic E-state index is 11.8. The van der Waals surface area contributed by atoms with Crippen LogP contribution in [-0.2, 0) is 16.4 Å². The van der Waals surface area contributed by atoms with Crippen LogP contribution in [0.15, 0.2) is 47.4 Å². The summed E-state index contributed by atoms with van der Waals surface area (Å²) < 4.78 is 29.2. The summed E-state index contributed by atoms with van der Waals surface area (Å²) in [4.78, 5) is 11.1. The summed E-state index contributed by atoms with van der Waals surface area (Å²) in [5, 5.41) is 8.96. The van der Waals surface area contributed by atoms with Gasteiger partial charge in [-0.15, -0.1) is 0 Å². The van der Waals surface area contributed by atoms with Crippen molar-refractivity contribution < 1.29 is 23.1 Å². The number of carboxylic acid groups (broad SMARTS) is 1. The average Bonchev–Trinajstić information content (AvgIpc) is 2.45. The third-order valence-corrected chi connectivity index (χ3v) is 4.57. The van der Waals surface area contributed by atoms with Crippen molar-refractivity contribution in [2.45, 2.75) is 11.5 Å². The molecule has 5 nitrogen and oxygen atoms in total. The summed E-state index contributed by atoms with van der Waals surface area (Å²) in [6, 6.07) is 11.2. The van der Waals surface area contributed by atoms with Gasteiger partial charge >= 0.3 is 5.97 Å². The molecule has 0 aliphatic heterocycles. The molecule has 116 valence electrons. The van der Waals surface area contributed by atoms with E-state index in [0.717, 1.165) is 6.26 Å². The van der Waals surface area contributed by atoms with Gasteiger partial charge in [-0.3, -0.25) is 0 Å². The SMILES string of the molecule is CS(=O)(=O)c1ccc(C(=O)O)c(Cl)c1COc1ccccc1. The molecule has 0 amide bonds. The number of halogens is 1. The molecule has 0 aliphatic rings. The molecule has 0 spiro atoms. The zero-order valence-corrected chi connectivity index (χ0v) is 13.2. The van der Waals surface area contributed by atoms with Crippen LogP contribution in [0.25, 0.3) is 0 Å². The third kappa shape index (κ3) is 3.58. The van der Waals surface area contributed by atoms with Gasteiger partial charge in [-0.25, -0.2) is 13.2 Å². The normalized spacial score (nSPS) is 11.2. The van der Waals surface area contributed by atoms with Crippen molar-refractivity contribution in [2.75, 3.05) is 6.26 Å². The molecule has 0 atom stereocenters. The number of sulfone groups is 1. The van der Waals surface area contributed by atoms with Crippen LogP contribution in [-0.4, -0.2) is 25.7 Å². The molecule has 7 heteroatoms. The molecule has 0 aliphatic carbocycles. The van der Waals surface area contributed by atoms with Gasteiger partial charge in [-0.1, -0.05) is 29.8 Å². The molecule has 0 aromatic heterocycles. The van der Waals surface area contributed by atoms with Crippen molar-refractivity contribution in [1.82, 2.24) is 0 Å². The molecule has 0 unspecified atom stereocenters. The van der Waals surface area contributed by atoms with E-state index in [1.54, 1.807) is 24.3 Å². The number of benzene rings is 2. The lowest BCUT2D eigenvalue weighted by Gasteiger charge is -2.13. The first-order valence-electron chi connectivity index (χ1n) is 6.23. The van der Waals surface area contributed by atoms with E-state index >= 15 is 0 Å². The number of aromatic carboxylic acids is 1. The second-order valence-corrected chi connectivity index (χ2v) is 6.94. The van der Waals surface area contributed by atoms with E-state index in [4.69, 9.17) is 21.4 Å². The van der Waals surface area contributed by atoms with Crippen molar-refractivity contribution in [1.29, 1.82) is 0 Å². The molecule has 1 N–H and O–H groups in total. The molecular weight excluding hydrogens is 328 g/mol. The van der Waals surface area contributed by atoms with Crippen LogP contribution >= 0.6 is 11.6 Å². The molecule has 0 fully saturated rings. The van der Waals surface area contributed by atoms with E-state index in [1.807, 2.05) is 6.07 Å². The van der Waals surface area contributed by atoms with Gasteiger partial charge in [0.05, 0.1) is 15.5 Å². The first-order chi connectivity index (χ1) is 10.3. The van der Waals surface area contributed by atoms with Crippen LogP contribution in [0.1, 0.15) is 15.9 Å². The summed E-state index contributed by atoms with van der Waals surface area (Å²) in [5.41, 5.74) is -0.0337. The van der Waals surface area contributed by atoms with E-state index in [0.29, 0.717) is 5.75 Å². The standard InChI is InChI=1S/C15H13ClO5S/c1-22(19,20)13-8-7-11(15(17)18)14(16)12(13)9-21-10-5-3-2-4-6-10/h2-8H,9H2,1H3,(H,17,18). The van der Waals surface area contributed by atoms with E-state index in [1.165, 1.54) is 12.1 Å². The quantitative estimate of drug-likeness (QED) is 0.904. The van der Waals surface area contributed by atoms with Crippen molar-refractivity contribution in [2.24, 2.45) is 0 Å². The molecular formula is C15H13ClO5S. The first-order valence-corrected chi connectivity index (χ1v) is 8.50. The zero-order valence-electron chi connectivity index (χ0n) is 11.6. The predicted octanol–water partition coefficient (Wildman–Crippen LogP) is 3.02. The Labute approximate surface area is 133 Å². The fourth-order valence-corrected chi connectivity index (χ4v) is 3.20. The molecule has 22 heavy (non-hydrogen) atoms. The minimum atomic E-state index is -3.56. The summed E-state index contributed by atoms with van der Waals surface area (Å²) in [6.45, 7) is -0.146. The highest BCUT2D eigenvalue weighted by atomic mass is 35.5. The Balaban J connectivity index is 2.46. The number of carbonyl (C=O) groups is 1. The molecule has 2 aromatic rings. The molecule has 2 aromatic carbocycles. The van der Waals surface area contributed by atoms with Crippen molar-refractivity contribution in [3.05, 3.63) is 58.6 Å². The maximum atomic E-state index is 11.8. The number of hydrogen-bond donors (Lipinski definition) is 1. The van der Waals surface area contributed by atoms with Crippen LogP contribution in [0, 0.1) is 0 Å². The summed E-state index contributed by atoms with van der Waals surface area (Å²) in [5.74, 6) is -0.704. The van der Waals surface area contributed by atoms with Crippen molar-refractivity contribution >= 4 is 27.4 Å². The van der Waals surface area contributed by atoms with Crippen LogP contribution in [0.4, 0.5) is 0 Å². The predicted molar refractivity (Wildman–Crippen MR) is 82.3 cm³/mol. The van der Waals surface area contributed by atoms with Gasteiger partial charge in [0.1, 0.15) is 12.4 Å². The van der Waals surface area contributed by atoms with Gasteiger partial charge in [0.25, 0.3) is 0 Å². The maximum Gasteiger partial charge on any atom is 0.337 e. The lowest BCUT2D eigenvalue weighted by atomic mass is 10.1. The molecule has 0 heterocycles. The highest BCUT2D eigenvalue weighted by Gasteiger charge is 2.21. The van der Waals surface area contributed by atoms with Crippen LogP contribution in [0.2, 0.25) is 5.02 Å². The van der Waals surface area contributed by atoms with E-state index in [2.05, 4.69) is 0 Å². The smallest absolute Gasteiger partial charge is 0.337 e. The Morgan fingerprint density at radius 3 is 2.36 bits per heavy atom. The second-order valence-electron chi connectivity index (χ2n) is 4.58. The largest absolute Gasteiger partial charge is 0.489 e. The highest BCUT2D eigenvalue weighted by Crippen LogP contribution is 2.29. The molecule has 0 saturated heterocycles. The van der Waals surface area contributed by atoms with Gasteiger partial charge in [-0.05, 0) is 24.3 Å². The van der Waals surface area contributed by atoms with Crippen molar-refractivity contribution in [3.8, 4) is 5.75 Å². The highest BCUT2D eigenvalue weighted by molar-refractivity contribution is 7.90. The molecule has 0 radical (unpaired) electrons. The first kappa shape index (κ1) is 16.3. The minimum absolute atomic E-state index is 0.0431. The van der Waals surface area contributed by atoms with Crippen LogP contribution < -0.4 is 4.74 Å². The van der Waals surface area contributed by atoms with Crippen LogP contribution in [0.5, 0.6) is 5.75 Å². The molecule has 0 bridgehead atoms. The summed E-state index contributed by atoms with van der Waals surface area (Å²) >= 11 is 6.06. The van der Waals surface area contributed by atoms with Gasteiger partial charge in [0, 0.05) is 11.8 Å². The molecule has 0 saturated carbocycles. The monoisotopic (exact) mass is 340 g/mol. The van der Waals surface area contributed by atoms with Gasteiger partial charge in [0.15, 0.2) is 9.84 Å². The topological polar surface area (TPSA) is 80.7 Å². The Morgan fingerprint density at radius 2 is 1.82 bits per heavy atom. The summed E-state index contributed by atoms with van der Waals surface area (Å²) in [6.07, 6.45) is 1.03. The van der Waals surface area contributed by atoms with E-state index < -0.39 is 15.8 Å². The fourth-order valence-electron chi connectivity index (χ4n) is 1.92. The van der Waals surface area contributed by atoms with Crippen LogP contribution in [0.3, 0.4) is 0 Å². The zero-order chi connectivity index (χ0) is 16.3. The third-order valence-electron chi connectivity index (χ3n) is 2.96. The van der Waals surface area contributed by atoms with Gasteiger partial charge < -0.3 is 9.84 Å². The lowest BCUT2D eigenvalue weighted by Crippen LogP contribution is -2.09. The fraction of sp³-hybridized carbons (Fsp3) is 0.133. The van der Waals surface area contributed by atoms with Gasteiger partial charge in [0.2, 0.25) is 0 Å². The lowest BCUT2D eigenvalue weighted by molar-refractivity contribution is 0.0696. The van der Waals surface area contributed by atoms with E-state index in [-0.39, 0.29) is 27.7 Å². The number of carboxylic acids is 1. The number of para-hydroxylation sites is 1. The number of hydrogen-bond acceptors (Lipinski definition) is 4. The Kier molecular flexibility index (Phi) is 4.73. The Hall–Kier alpha value is -2.05. The Morgan fingerprint density at radius 1 is 1.18 bits per heavy atom. The second kappa shape index (κ2) is 6.37. The Bertz CT molecular complexity index is 800. The van der Waals surface area contributed by atoms with Gasteiger partial charge in [-0.2, -0.15) is 0 Å². The summed E-state index contributed by atoms with van der Waals surface area (Å²) in [7, 11) is -3.56. The number of rotatable bonds is 5. The van der Waals surface area contributed by atoms with E-state index in [9.17, 15) is 13.2 Å². The average molecular weight is 341 g/mol. The van der Waals surface area contributed by atoms with Crippen molar-refractivity contribution in [3.63, 3.8) is 0 Å². The molecule has 2 rings (SSSR count).